The number of carbonyl (C=O) groups is 1. The number of hydrogen-bond donors (Lipinski definition) is 1. The van der Waals surface area contributed by atoms with Crippen LogP contribution in [0.1, 0.15) is 25.7 Å². The first-order valence-electron chi connectivity index (χ1n) is 8.23. The van der Waals surface area contributed by atoms with Crippen molar-refractivity contribution in [2.45, 2.75) is 36.7 Å². The molecule has 0 bridgehead atoms. The molecular formula is C17H24N2O3S. The third-order valence-corrected chi connectivity index (χ3v) is 5.33. The van der Waals surface area contributed by atoms with Crippen LogP contribution < -0.4 is 5.32 Å². The third kappa shape index (κ3) is 4.78. The fourth-order valence-electron chi connectivity index (χ4n) is 2.74. The van der Waals surface area contributed by atoms with E-state index >= 15 is 0 Å². The molecule has 2 fully saturated rings. The molecule has 0 spiro atoms. The largest absolute Gasteiger partial charge is 0.378 e. The molecule has 23 heavy (non-hydrogen) atoms. The van der Waals surface area contributed by atoms with Crippen molar-refractivity contribution in [2.24, 2.45) is 5.92 Å². The minimum atomic E-state index is -1.05. The zero-order chi connectivity index (χ0) is 16.2. The van der Waals surface area contributed by atoms with Gasteiger partial charge >= 0.3 is 6.03 Å². The van der Waals surface area contributed by atoms with E-state index < -0.39 is 10.8 Å². The Kier molecular flexibility index (Phi) is 5.33. The van der Waals surface area contributed by atoms with Crippen molar-refractivity contribution in [3.8, 4) is 0 Å². The van der Waals surface area contributed by atoms with Gasteiger partial charge in [0, 0.05) is 47.3 Å². The van der Waals surface area contributed by atoms with Crippen LogP contribution in [0.25, 0.3) is 0 Å². The van der Waals surface area contributed by atoms with Gasteiger partial charge in [0.05, 0.1) is 6.10 Å². The highest BCUT2D eigenvalue weighted by atomic mass is 32.2. The summed E-state index contributed by atoms with van der Waals surface area (Å²) in [6.45, 7) is 2.33. The fraction of sp³-hybridized carbons (Fsp3) is 0.588. The Morgan fingerprint density at radius 3 is 2.70 bits per heavy atom. The molecular weight excluding hydrogens is 312 g/mol. The van der Waals surface area contributed by atoms with Gasteiger partial charge in [0.15, 0.2) is 0 Å². The molecule has 1 atom stereocenters. The Morgan fingerprint density at radius 2 is 2.04 bits per heavy atom. The predicted molar refractivity (Wildman–Crippen MR) is 91.1 cm³/mol. The van der Waals surface area contributed by atoms with Crippen LogP contribution >= 0.6 is 0 Å². The van der Waals surface area contributed by atoms with E-state index in [1.165, 1.54) is 12.8 Å². The minimum absolute atomic E-state index is 0.0929. The molecule has 1 aromatic carbocycles. The number of benzene rings is 1. The first-order chi connectivity index (χ1) is 11.1. The first kappa shape index (κ1) is 16.5. The van der Waals surface area contributed by atoms with E-state index in [2.05, 4.69) is 5.32 Å². The summed E-state index contributed by atoms with van der Waals surface area (Å²) in [4.78, 5) is 14.9. The molecule has 126 valence electrons. The average molecular weight is 336 g/mol. The average Bonchev–Trinajstić information content (AvgIpc) is 3.38. The summed E-state index contributed by atoms with van der Waals surface area (Å²) in [5.74, 6) is 0.785. The Balaban J connectivity index is 1.47. The van der Waals surface area contributed by atoms with Crippen LogP contribution in [0.4, 0.5) is 10.5 Å². The Morgan fingerprint density at radius 1 is 1.30 bits per heavy atom. The molecule has 1 aromatic rings. The molecule has 1 aliphatic carbocycles. The molecule has 0 radical (unpaired) electrons. The van der Waals surface area contributed by atoms with Crippen LogP contribution in [0.3, 0.4) is 0 Å². The summed E-state index contributed by atoms with van der Waals surface area (Å²) < 4.78 is 17.4. The zero-order valence-electron chi connectivity index (χ0n) is 13.5. The van der Waals surface area contributed by atoms with Crippen LogP contribution in [-0.4, -0.2) is 47.2 Å². The number of ether oxygens (including phenoxy) is 1. The lowest BCUT2D eigenvalue weighted by Gasteiger charge is -2.32. The van der Waals surface area contributed by atoms with Gasteiger partial charge in [-0.25, -0.2) is 4.79 Å². The number of likely N-dealkylation sites (tertiary alicyclic amines) is 1. The highest BCUT2D eigenvalue weighted by Crippen LogP contribution is 2.30. The van der Waals surface area contributed by atoms with E-state index in [0.29, 0.717) is 11.8 Å². The molecule has 5 nitrogen and oxygen atoms in total. The van der Waals surface area contributed by atoms with Crippen molar-refractivity contribution >= 4 is 22.5 Å². The zero-order valence-corrected chi connectivity index (χ0v) is 14.3. The number of piperidine rings is 1. The SMILES string of the molecule is CS(=O)c1cccc(NC(=O)N2CCC(OCC3CC3)CC2)c1. The summed E-state index contributed by atoms with van der Waals surface area (Å²) in [6, 6.07) is 7.10. The lowest BCUT2D eigenvalue weighted by atomic mass is 10.1. The standard InChI is InChI=1S/C17H24N2O3S/c1-23(21)16-4-2-3-14(11-16)18-17(20)19-9-7-15(8-10-19)22-12-13-5-6-13/h2-4,11,13,15H,5-10,12H2,1H3,(H,18,20). The number of nitrogens with one attached hydrogen (secondary N) is 1. The molecule has 2 amide bonds. The van der Waals surface area contributed by atoms with Crippen LogP contribution in [0.15, 0.2) is 29.2 Å². The lowest BCUT2D eigenvalue weighted by Crippen LogP contribution is -2.43. The van der Waals surface area contributed by atoms with Crippen molar-refractivity contribution in [3.63, 3.8) is 0 Å². The minimum Gasteiger partial charge on any atom is -0.378 e. The summed E-state index contributed by atoms with van der Waals surface area (Å²) in [5.41, 5.74) is 0.690. The van der Waals surface area contributed by atoms with Gasteiger partial charge in [0.2, 0.25) is 0 Å². The van der Waals surface area contributed by atoms with E-state index in [4.69, 9.17) is 4.74 Å². The number of anilines is 1. The quantitative estimate of drug-likeness (QED) is 0.899. The van der Waals surface area contributed by atoms with Crippen molar-refractivity contribution < 1.29 is 13.7 Å². The summed E-state index contributed by atoms with van der Waals surface area (Å²) in [7, 11) is -1.05. The van der Waals surface area contributed by atoms with Crippen LogP contribution in [-0.2, 0) is 15.5 Å². The highest BCUT2D eigenvalue weighted by molar-refractivity contribution is 7.84. The highest BCUT2D eigenvalue weighted by Gasteiger charge is 2.26. The normalized spacial score (nSPS) is 20.3. The fourth-order valence-corrected chi connectivity index (χ4v) is 3.30. The molecule has 1 heterocycles. The second kappa shape index (κ2) is 7.45. The smallest absolute Gasteiger partial charge is 0.321 e. The van der Waals surface area contributed by atoms with Crippen LogP contribution in [0.5, 0.6) is 0 Å². The van der Waals surface area contributed by atoms with Gasteiger partial charge in [-0.05, 0) is 49.8 Å². The van der Waals surface area contributed by atoms with E-state index in [9.17, 15) is 9.00 Å². The molecule has 1 N–H and O–H groups in total. The summed E-state index contributed by atoms with van der Waals surface area (Å²) >= 11 is 0. The van der Waals surface area contributed by atoms with Crippen molar-refractivity contribution in [2.75, 3.05) is 31.3 Å². The predicted octanol–water partition coefficient (Wildman–Crippen LogP) is 2.85. The molecule has 1 saturated heterocycles. The number of carbonyl (C=O) groups excluding carboxylic acids is 1. The van der Waals surface area contributed by atoms with E-state index in [1.807, 2.05) is 17.0 Å². The van der Waals surface area contributed by atoms with Crippen LogP contribution in [0.2, 0.25) is 0 Å². The number of nitrogens with zero attached hydrogens (tertiary/aromatic N) is 1. The van der Waals surface area contributed by atoms with Gasteiger partial charge in [0.25, 0.3) is 0 Å². The van der Waals surface area contributed by atoms with Gasteiger partial charge in [-0.3, -0.25) is 4.21 Å². The van der Waals surface area contributed by atoms with Crippen molar-refractivity contribution in [3.05, 3.63) is 24.3 Å². The van der Waals surface area contributed by atoms with E-state index in [0.717, 1.165) is 43.4 Å². The second-order valence-electron chi connectivity index (χ2n) is 6.38. The molecule has 1 unspecified atom stereocenters. The number of amides is 2. The second-order valence-corrected chi connectivity index (χ2v) is 7.75. The Labute approximate surface area is 139 Å². The monoisotopic (exact) mass is 336 g/mol. The van der Waals surface area contributed by atoms with E-state index in [1.54, 1.807) is 18.4 Å². The van der Waals surface area contributed by atoms with Gasteiger partial charge in [-0.1, -0.05) is 6.07 Å². The number of hydrogen-bond acceptors (Lipinski definition) is 3. The molecule has 2 aliphatic rings. The summed E-state index contributed by atoms with van der Waals surface area (Å²) in [6.07, 6.45) is 6.35. The molecule has 0 aromatic heterocycles. The van der Waals surface area contributed by atoms with Gasteiger partial charge in [0.1, 0.15) is 0 Å². The van der Waals surface area contributed by atoms with Gasteiger partial charge in [-0.15, -0.1) is 0 Å². The topological polar surface area (TPSA) is 58.6 Å². The van der Waals surface area contributed by atoms with Crippen molar-refractivity contribution in [1.29, 1.82) is 0 Å². The van der Waals surface area contributed by atoms with E-state index in [-0.39, 0.29) is 6.03 Å². The van der Waals surface area contributed by atoms with Crippen LogP contribution in [0, 0.1) is 5.92 Å². The first-order valence-corrected chi connectivity index (χ1v) is 9.78. The Bertz CT molecular complexity index is 581. The third-order valence-electron chi connectivity index (χ3n) is 4.41. The maximum absolute atomic E-state index is 12.3. The maximum Gasteiger partial charge on any atom is 0.321 e. The molecule has 6 heteroatoms. The lowest BCUT2D eigenvalue weighted by molar-refractivity contribution is 0.0105. The summed E-state index contributed by atoms with van der Waals surface area (Å²) in [5, 5.41) is 2.89. The number of urea groups is 1. The number of rotatable bonds is 5. The van der Waals surface area contributed by atoms with Gasteiger partial charge in [-0.2, -0.15) is 0 Å². The molecule has 1 aliphatic heterocycles. The van der Waals surface area contributed by atoms with Crippen molar-refractivity contribution in [1.82, 2.24) is 4.90 Å². The molecule has 1 saturated carbocycles. The Hall–Kier alpha value is -1.40. The maximum atomic E-state index is 12.3. The molecule has 3 rings (SSSR count). The van der Waals surface area contributed by atoms with Gasteiger partial charge < -0.3 is 15.0 Å².